The Morgan fingerprint density at radius 1 is 1.03 bits per heavy atom. The van der Waals surface area contributed by atoms with Crippen LogP contribution in [0.25, 0.3) is 11.0 Å². The van der Waals surface area contributed by atoms with E-state index in [2.05, 4.69) is 0 Å². The van der Waals surface area contributed by atoms with Gasteiger partial charge in [0.25, 0.3) is 5.91 Å². The molecule has 2 aliphatic rings. The van der Waals surface area contributed by atoms with Crippen LogP contribution in [0.1, 0.15) is 53.3 Å². The summed E-state index contributed by atoms with van der Waals surface area (Å²) in [4.78, 5) is 27.7. The van der Waals surface area contributed by atoms with Gasteiger partial charge >= 0.3 is 0 Å². The van der Waals surface area contributed by atoms with E-state index in [0.29, 0.717) is 16.9 Å². The molecular weight excluding hydrogens is 369 g/mol. The number of hydrogen-bond acceptors (Lipinski definition) is 3. The largest absolute Gasteiger partial charge is 0.451 e. The zero-order chi connectivity index (χ0) is 20.1. The van der Waals surface area contributed by atoms with E-state index in [1.807, 2.05) is 30.0 Å². The Labute approximate surface area is 167 Å². The van der Waals surface area contributed by atoms with E-state index in [9.17, 15) is 14.0 Å². The number of nitrogens with zero attached hydrogens (tertiary/aromatic N) is 1. The molecule has 0 aliphatic carbocycles. The quantitative estimate of drug-likeness (QED) is 0.631. The van der Waals surface area contributed by atoms with Gasteiger partial charge in [-0.15, -0.1) is 0 Å². The SMILES string of the molecule is Cc1ccc2oc(C(=O)N3[C@@H]4CC[C@@H]3CC(c3ccc(F)cc3)C4)cc(=O)c2c1. The van der Waals surface area contributed by atoms with E-state index in [1.54, 1.807) is 12.1 Å². The molecule has 5 rings (SSSR count). The molecule has 2 bridgehead atoms. The van der Waals surface area contributed by atoms with Gasteiger partial charge in [-0.1, -0.05) is 23.8 Å². The summed E-state index contributed by atoms with van der Waals surface area (Å²) in [6.07, 6.45) is 3.60. The molecule has 3 heterocycles. The number of aryl methyl sites for hydroxylation is 1. The van der Waals surface area contributed by atoms with Crippen molar-refractivity contribution in [2.45, 2.75) is 50.6 Å². The van der Waals surface area contributed by atoms with Crippen molar-refractivity contribution in [3.8, 4) is 0 Å². The Hall–Kier alpha value is -2.95. The van der Waals surface area contributed by atoms with Crippen molar-refractivity contribution >= 4 is 16.9 Å². The van der Waals surface area contributed by atoms with E-state index in [-0.39, 0.29) is 35.0 Å². The van der Waals surface area contributed by atoms with E-state index in [1.165, 1.54) is 18.2 Å². The molecule has 2 aromatic carbocycles. The van der Waals surface area contributed by atoms with Crippen molar-refractivity contribution in [2.75, 3.05) is 0 Å². The molecule has 0 spiro atoms. The summed E-state index contributed by atoms with van der Waals surface area (Å²) in [5.41, 5.74) is 2.36. The molecular formula is C24H22FNO3. The van der Waals surface area contributed by atoms with Gasteiger partial charge in [0.05, 0.1) is 5.39 Å². The van der Waals surface area contributed by atoms with Crippen LogP contribution in [0.2, 0.25) is 0 Å². The minimum Gasteiger partial charge on any atom is -0.451 e. The van der Waals surface area contributed by atoms with Gasteiger partial charge in [0.15, 0.2) is 11.2 Å². The van der Waals surface area contributed by atoms with Crippen LogP contribution in [-0.2, 0) is 0 Å². The van der Waals surface area contributed by atoms with Gasteiger partial charge in [-0.05, 0) is 68.4 Å². The number of rotatable bonds is 2. The highest BCUT2D eigenvalue weighted by molar-refractivity contribution is 5.94. The van der Waals surface area contributed by atoms with E-state index in [4.69, 9.17) is 4.42 Å². The molecule has 2 saturated heterocycles. The zero-order valence-electron chi connectivity index (χ0n) is 16.2. The Kier molecular flexibility index (Phi) is 4.26. The first kappa shape index (κ1) is 18.1. The number of amides is 1. The summed E-state index contributed by atoms with van der Waals surface area (Å²) in [5.74, 6) is 0.00714. The summed E-state index contributed by atoms with van der Waals surface area (Å²) < 4.78 is 19.1. The first-order chi connectivity index (χ1) is 14.0. The van der Waals surface area contributed by atoms with Gasteiger partial charge in [-0.2, -0.15) is 0 Å². The Balaban J connectivity index is 1.43. The lowest BCUT2D eigenvalue weighted by Crippen LogP contribution is -2.46. The summed E-state index contributed by atoms with van der Waals surface area (Å²) in [5, 5.41) is 0.500. The highest BCUT2D eigenvalue weighted by Gasteiger charge is 2.44. The molecule has 148 valence electrons. The Bertz CT molecular complexity index is 1140. The monoisotopic (exact) mass is 391 g/mol. The molecule has 1 aromatic heterocycles. The lowest BCUT2D eigenvalue weighted by atomic mass is 9.85. The molecule has 3 aromatic rings. The zero-order valence-corrected chi connectivity index (χ0v) is 16.2. The summed E-state index contributed by atoms with van der Waals surface area (Å²) in [7, 11) is 0. The number of fused-ring (bicyclic) bond motifs is 3. The second-order valence-electron chi connectivity index (χ2n) is 8.29. The highest BCUT2D eigenvalue weighted by atomic mass is 19.1. The fourth-order valence-electron chi connectivity index (χ4n) is 5.02. The Morgan fingerprint density at radius 2 is 1.72 bits per heavy atom. The molecule has 0 unspecified atom stereocenters. The lowest BCUT2D eigenvalue weighted by Gasteiger charge is -2.39. The van der Waals surface area contributed by atoms with Gasteiger partial charge in [0.1, 0.15) is 11.4 Å². The van der Waals surface area contributed by atoms with Gasteiger partial charge < -0.3 is 9.32 Å². The standard InChI is InChI=1S/C24H22FNO3/c1-14-2-9-22-20(10-14)21(27)13-23(29-22)24(28)26-18-7-8-19(26)12-16(11-18)15-3-5-17(25)6-4-15/h2-6,9-10,13,16,18-19H,7-8,11-12H2,1H3/t18-,19-/m1/s1. The van der Waals surface area contributed by atoms with Gasteiger partial charge in [0, 0.05) is 18.2 Å². The highest BCUT2D eigenvalue weighted by Crippen LogP contribution is 2.43. The average Bonchev–Trinajstić information content (AvgIpc) is 2.97. The first-order valence-electron chi connectivity index (χ1n) is 10.1. The number of piperidine rings is 1. The van der Waals surface area contributed by atoms with E-state index in [0.717, 1.165) is 36.8 Å². The van der Waals surface area contributed by atoms with Gasteiger partial charge in [0.2, 0.25) is 0 Å². The van der Waals surface area contributed by atoms with Crippen molar-refractivity contribution in [3.05, 3.63) is 81.5 Å². The third-order valence-electron chi connectivity index (χ3n) is 6.40. The summed E-state index contributed by atoms with van der Waals surface area (Å²) >= 11 is 0. The molecule has 0 N–H and O–H groups in total. The molecule has 0 radical (unpaired) electrons. The molecule has 4 nitrogen and oxygen atoms in total. The number of halogens is 1. The average molecular weight is 391 g/mol. The third-order valence-corrected chi connectivity index (χ3v) is 6.40. The summed E-state index contributed by atoms with van der Waals surface area (Å²) in [6, 6.07) is 13.7. The second kappa shape index (κ2) is 6.83. The van der Waals surface area contributed by atoms with Crippen molar-refractivity contribution in [1.82, 2.24) is 4.90 Å². The smallest absolute Gasteiger partial charge is 0.290 e. The predicted octanol–water partition coefficient (Wildman–Crippen LogP) is 4.79. The maximum Gasteiger partial charge on any atom is 0.290 e. The van der Waals surface area contributed by atoms with Crippen LogP contribution in [0.3, 0.4) is 0 Å². The first-order valence-corrected chi connectivity index (χ1v) is 10.1. The molecule has 0 saturated carbocycles. The van der Waals surface area contributed by atoms with Crippen LogP contribution in [0.5, 0.6) is 0 Å². The molecule has 1 amide bonds. The van der Waals surface area contributed by atoms with Crippen molar-refractivity contribution in [2.24, 2.45) is 0 Å². The third kappa shape index (κ3) is 3.15. The predicted molar refractivity (Wildman–Crippen MR) is 109 cm³/mol. The van der Waals surface area contributed by atoms with Gasteiger partial charge in [-0.3, -0.25) is 9.59 Å². The van der Waals surface area contributed by atoms with Crippen LogP contribution in [0.15, 0.2) is 57.7 Å². The molecule has 2 aliphatic heterocycles. The number of carbonyl (C=O) groups excluding carboxylic acids is 1. The fraction of sp³-hybridized carbons (Fsp3) is 0.333. The lowest BCUT2D eigenvalue weighted by molar-refractivity contribution is 0.0539. The van der Waals surface area contributed by atoms with Crippen molar-refractivity contribution in [3.63, 3.8) is 0 Å². The molecule has 29 heavy (non-hydrogen) atoms. The van der Waals surface area contributed by atoms with Crippen LogP contribution < -0.4 is 5.43 Å². The molecule has 5 heteroatoms. The van der Waals surface area contributed by atoms with Crippen LogP contribution >= 0.6 is 0 Å². The topological polar surface area (TPSA) is 50.5 Å². The van der Waals surface area contributed by atoms with E-state index < -0.39 is 0 Å². The normalized spacial score (nSPS) is 23.5. The van der Waals surface area contributed by atoms with Crippen LogP contribution in [-0.4, -0.2) is 22.9 Å². The van der Waals surface area contributed by atoms with Crippen LogP contribution in [0, 0.1) is 12.7 Å². The van der Waals surface area contributed by atoms with Crippen molar-refractivity contribution in [1.29, 1.82) is 0 Å². The minimum absolute atomic E-state index is 0.114. The molecule has 2 atom stereocenters. The number of carbonyl (C=O) groups is 1. The fourth-order valence-corrected chi connectivity index (χ4v) is 5.02. The minimum atomic E-state index is -0.231. The van der Waals surface area contributed by atoms with Gasteiger partial charge in [-0.25, -0.2) is 4.39 Å². The Morgan fingerprint density at radius 3 is 2.41 bits per heavy atom. The van der Waals surface area contributed by atoms with Crippen LogP contribution in [0.4, 0.5) is 4.39 Å². The summed E-state index contributed by atoms with van der Waals surface area (Å²) in [6.45, 7) is 1.92. The maximum atomic E-state index is 13.3. The van der Waals surface area contributed by atoms with Crippen molar-refractivity contribution < 1.29 is 13.6 Å². The maximum absolute atomic E-state index is 13.3. The van der Waals surface area contributed by atoms with E-state index >= 15 is 0 Å². The molecule has 2 fully saturated rings. The number of hydrogen-bond donors (Lipinski definition) is 0. The second-order valence-corrected chi connectivity index (χ2v) is 8.29. The number of benzene rings is 2.